The molecule has 7 nitrogen and oxygen atoms in total. The van der Waals surface area contributed by atoms with Gasteiger partial charge in [0.2, 0.25) is 11.8 Å². The molecule has 1 aliphatic rings. The van der Waals surface area contributed by atoms with Gasteiger partial charge in [0.15, 0.2) is 0 Å². The lowest BCUT2D eigenvalue weighted by Gasteiger charge is -2.23. The van der Waals surface area contributed by atoms with Crippen molar-refractivity contribution in [2.45, 2.75) is 25.8 Å². The quantitative estimate of drug-likeness (QED) is 0.686. The van der Waals surface area contributed by atoms with Gasteiger partial charge in [0, 0.05) is 43.7 Å². The van der Waals surface area contributed by atoms with Crippen molar-refractivity contribution in [3.05, 3.63) is 59.6 Å². The molecule has 7 heteroatoms. The third-order valence-electron chi connectivity index (χ3n) is 5.13. The fourth-order valence-electron chi connectivity index (χ4n) is 3.34. The number of carbonyl (C=O) groups excluding carboxylic acids is 2. The number of aromatic amines is 1. The molecule has 1 atom stereocenters. The molecule has 0 fully saturated rings. The van der Waals surface area contributed by atoms with Gasteiger partial charge in [-0.15, -0.1) is 0 Å². The van der Waals surface area contributed by atoms with Crippen molar-refractivity contribution in [2.24, 2.45) is 0 Å². The molecule has 4 rings (SSSR count). The van der Waals surface area contributed by atoms with E-state index in [9.17, 15) is 9.59 Å². The molecule has 1 aliphatic heterocycles. The van der Waals surface area contributed by atoms with Crippen LogP contribution in [0.2, 0.25) is 0 Å². The van der Waals surface area contributed by atoms with E-state index in [1.165, 1.54) is 0 Å². The lowest BCUT2D eigenvalue weighted by molar-refractivity contribution is -0.126. The average molecular weight is 375 g/mol. The first-order valence-corrected chi connectivity index (χ1v) is 9.18. The van der Waals surface area contributed by atoms with E-state index in [1.807, 2.05) is 31.3 Å². The highest BCUT2D eigenvalue weighted by atomic mass is 16.2. The van der Waals surface area contributed by atoms with E-state index in [2.05, 4.69) is 20.3 Å². The van der Waals surface area contributed by atoms with Crippen LogP contribution in [0.25, 0.3) is 17.1 Å². The highest BCUT2D eigenvalue weighted by Gasteiger charge is 2.19. The number of nitrogens with one attached hydrogen (secondary N) is 2. The fourth-order valence-corrected chi connectivity index (χ4v) is 3.34. The maximum absolute atomic E-state index is 12.7. The Kier molecular flexibility index (Phi) is 4.65. The molecule has 3 aromatic rings. The SMILES string of the molecule is CC(c1c[nH]c2cccnc12)N(C)C(=O)/C=C/c1cnc2c(c1)CCC(=O)N2. The molecule has 0 saturated carbocycles. The molecule has 142 valence electrons. The van der Waals surface area contributed by atoms with Crippen molar-refractivity contribution in [1.29, 1.82) is 0 Å². The number of fused-ring (bicyclic) bond motifs is 2. The minimum absolute atomic E-state index is 0.0131. The van der Waals surface area contributed by atoms with Gasteiger partial charge in [0.25, 0.3) is 0 Å². The number of likely N-dealkylation sites (N-methyl/N-ethyl adjacent to an activating group) is 1. The zero-order valence-electron chi connectivity index (χ0n) is 15.8. The van der Waals surface area contributed by atoms with Gasteiger partial charge in [-0.05, 0) is 48.7 Å². The summed E-state index contributed by atoms with van der Waals surface area (Å²) in [5.74, 6) is 0.488. The van der Waals surface area contributed by atoms with Gasteiger partial charge in [-0.1, -0.05) is 0 Å². The number of hydrogen-bond acceptors (Lipinski definition) is 4. The molecule has 0 bridgehead atoms. The van der Waals surface area contributed by atoms with Crippen LogP contribution in [0.15, 0.2) is 42.9 Å². The Morgan fingerprint density at radius 1 is 1.32 bits per heavy atom. The van der Waals surface area contributed by atoms with Crippen molar-refractivity contribution in [2.75, 3.05) is 12.4 Å². The normalized spacial score (nSPS) is 14.7. The third kappa shape index (κ3) is 3.38. The van der Waals surface area contributed by atoms with Gasteiger partial charge >= 0.3 is 0 Å². The summed E-state index contributed by atoms with van der Waals surface area (Å²) >= 11 is 0. The minimum atomic E-state index is -0.127. The molecule has 0 aromatic carbocycles. The Morgan fingerprint density at radius 2 is 2.18 bits per heavy atom. The number of amides is 2. The molecule has 0 saturated heterocycles. The molecular weight excluding hydrogens is 354 g/mol. The summed E-state index contributed by atoms with van der Waals surface area (Å²) in [4.78, 5) is 37.7. The van der Waals surface area contributed by atoms with Gasteiger partial charge in [0.1, 0.15) is 5.82 Å². The number of pyridine rings is 2. The molecule has 0 aliphatic carbocycles. The molecule has 28 heavy (non-hydrogen) atoms. The molecular formula is C21H21N5O2. The molecule has 2 amide bonds. The second kappa shape index (κ2) is 7.26. The van der Waals surface area contributed by atoms with Crippen molar-refractivity contribution in [1.82, 2.24) is 19.9 Å². The largest absolute Gasteiger partial charge is 0.359 e. The molecule has 4 heterocycles. The van der Waals surface area contributed by atoms with Crippen molar-refractivity contribution >= 4 is 34.7 Å². The average Bonchev–Trinajstić information content (AvgIpc) is 3.15. The van der Waals surface area contributed by atoms with Gasteiger partial charge in [-0.2, -0.15) is 0 Å². The summed E-state index contributed by atoms with van der Waals surface area (Å²) in [6.07, 6.45) is 9.72. The van der Waals surface area contributed by atoms with Gasteiger partial charge in [-0.3, -0.25) is 14.6 Å². The standard InChI is InChI=1S/C21H21N5O2/c1-13(16-12-23-17-4-3-9-22-20(16)17)26(2)19(28)8-5-14-10-15-6-7-18(27)25-21(15)24-11-14/h3-5,8-13,23H,6-7H2,1-2H3,(H,24,25,27)/b8-5+. The van der Waals surface area contributed by atoms with Crippen molar-refractivity contribution in [3.63, 3.8) is 0 Å². The smallest absolute Gasteiger partial charge is 0.246 e. The molecule has 0 spiro atoms. The minimum Gasteiger partial charge on any atom is -0.359 e. The van der Waals surface area contributed by atoms with Crippen LogP contribution in [0.4, 0.5) is 5.82 Å². The zero-order valence-corrected chi connectivity index (χ0v) is 15.8. The zero-order chi connectivity index (χ0) is 19.7. The van der Waals surface area contributed by atoms with Gasteiger partial charge < -0.3 is 15.2 Å². The maximum atomic E-state index is 12.7. The number of nitrogens with zero attached hydrogens (tertiary/aromatic N) is 3. The van der Waals surface area contributed by atoms with Crippen LogP contribution in [-0.2, 0) is 16.0 Å². The van der Waals surface area contributed by atoms with E-state index in [0.717, 1.165) is 27.7 Å². The van der Waals surface area contributed by atoms with Crippen LogP contribution < -0.4 is 5.32 Å². The first-order valence-electron chi connectivity index (χ1n) is 9.18. The number of carbonyl (C=O) groups is 2. The van der Waals surface area contributed by atoms with Crippen LogP contribution >= 0.6 is 0 Å². The van der Waals surface area contributed by atoms with E-state index in [1.54, 1.807) is 36.5 Å². The predicted octanol–water partition coefficient (Wildman–Crippen LogP) is 3.08. The number of aryl methyl sites for hydroxylation is 1. The Bertz CT molecular complexity index is 1090. The summed E-state index contributed by atoms with van der Waals surface area (Å²) in [5, 5.41) is 2.76. The van der Waals surface area contributed by atoms with E-state index in [-0.39, 0.29) is 17.9 Å². The summed E-state index contributed by atoms with van der Waals surface area (Å²) in [6, 6.07) is 5.67. The summed E-state index contributed by atoms with van der Waals surface area (Å²) < 4.78 is 0. The lowest BCUT2D eigenvalue weighted by Crippen LogP contribution is -2.27. The van der Waals surface area contributed by atoms with E-state index >= 15 is 0 Å². The number of H-pyrrole nitrogens is 1. The molecule has 1 unspecified atom stereocenters. The summed E-state index contributed by atoms with van der Waals surface area (Å²) in [6.45, 7) is 1.98. The van der Waals surface area contributed by atoms with Crippen LogP contribution in [0.5, 0.6) is 0 Å². The third-order valence-corrected chi connectivity index (χ3v) is 5.13. The number of hydrogen-bond donors (Lipinski definition) is 2. The second-order valence-electron chi connectivity index (χ2n) is 6.93. The Morgan fingerprint density at radius 3 is 3.04 bits per heavy atom. The Labute approximate surface area is 162 Å². The van der Waals surface area contributed by atoms with Crippen molar-refractivity contribution < 1.29 is 9.59 Å². The molecule has 2 N–H and O–H groups in total. The van der Waals surface area contributed by atoms with Crippen LogP contribution in [-0.4, -0.2) is 38.7 Å². The Balaban J connectivity index is 1.49. The molecule has 3 aromatic heterocycles. The first-order chi connectivity index (χ1) is 13.5. The number of anilines is 1. The van der Waals surface area contributed by atoms with E-state index in [0.29, 0.717) is 18.7 Å². The van der Waals surface area contributed by atoms with E-state index < -0.39 is 0 Å². The monoisotopic (exact) mass is 375 g/mol. The Hall–Kier alpha value is -3.48. The summed E-state index contributed by atoms with van der Waals surface area (Å²) in [7, 11) is 1.78. The number of aromatic nitrogens is 3. The van der Waals surface area contributed by atoms with Crippen LogP contribution in [0.3, 0.4) is 0 Å². The lowest BCUT2D eigenvalue weighted by atomic mass is 10.0. The van der Waals surface area contributed by atoms with Gasteiger partial charge in [-0.25, -0.2) is 4.98 Å². The topological polar surface area (TPSA) is 91.0 Å². The van der Waals surface area contributed by atoms with Gasteiger partial charge in [0.05, 0.1) is 17.1 Å². The fraction of sp³-hybridized carbons (Fsp3) is 0.238. The van der Waals surface area contributed by atoms with Crippen LogP contribution in [0.1, 0.15) is 36.1 Å². The predicted molar refractivity (Wildman–Crippen MR) is 108 cm³/mol. The number of rotatable bonds is 4. The summed E-state index contributed by atoms with van der Waals surface area (Å²) in [5.41, 5.74) is 4.62. The van der Waals surface area contributed by atoms with Crippen molar-refractivity contribution in [3.8, 4) is 0 Å². The second-order valence-corrected chi connectivity index (χ2v) is 6.93. The molecule has 0 radical (unpaired) electrons. The maximum Gasteiger partial charge on any atom is 0.246 e. The first kappa shape index (κ1) is 17.9. The highest BCUT2D eigenvalue weighted by molar-refractivity contribution is 5.94. The highest BCUT2D eigenvalue weighted by Crippen LogP contribution is 2.26. The van der Waals surface area contributed by atoms with E-state index in [4.69, 9.17) is 0 Å². The van der Waals surface area contributed by atoms with Crippen LogP contribution in [0, 0.1) is 0 Å².